The second kappa shape index (κ2) is 6.69. The number of ether oxygens (including phenoxy) is 1. The Kier molecular flexibility index (Phi) is 4.67. The molecule has 0 amide bonds. The normalized spacial score (nSPS) is 20.1. The number of aryl methyl sites for hydroxylation is 2. The van der Waals surface area contributed by atoms with E-state index in [1.807, 2.05) is 0 Å². The highest BCUT2D eigenvalue weighted by Crippen LogP contribution is 2.38. The molecule has 120 valence electrons. The summed E-state index contributed by atoms with van der Waals surface area (Å²) in [7, 11) is 1.77. The molecule has 0 bridgehead atoms. The Hall–Kier alpha value is -1.55. The second-order valence-electron chi connectivity index (χ2n) is 6.80. The topological polar surface area (TPSA) is 59.6 Å². The van der Waals surface area contributed by atoms with Gasteiger partial charge in [0, 0.05) is 18.2 Å². The fourth-order valence-electron chi connectivity index (χ4n) is 3.87. The van der Waals surface area contributed by atoms with E-state index in [0.29, 0.717) is 5.96 Å². The van der Waals surface area contributed by atoms with Gasteiger partial charge in [-0.1, -0.05) is 18.9 Å². The van der Waals surface area contributed by atoms with Gasteiger partial charge in [-0.3, -0.25) is 4.99 Å². The number of nitrogens with one attached hydrogen (secondary N) is 1. The molecule has 0 unspecified atom stereocenters. The zero-order valence-electron chi connectivity index (χ0n) is 13.5. The number of aliphatic imine (C=N–C) groups is 1. The third-order valence-electron chi connectivity index (χ3n) is 5.07. The number of methoxy groups -OCH3 is 1. The van der Waals surface area contributed by atoms with Gasteiger partial charge < -0.3 is 15.8 Å². The Balaban J connectivity index is 1.62. The third kappa shape index (κ3) is 3.43. The van der Waals surface area contributed by atoms with Gasteiger partial charge in [0.25, 0.3) is 0 Å². The summed E-state index contributed by atoms with van der Waals surface area (Å²) in [5.74, 6) is 0.514. The Morgan fingerprint density at radius 3 is 2.77 bits per heavy atom. The quantitative estimate of drug-likeness (QED) is 0.649. The molecule has 0 aromatic heterocycles. The molecule has 1 aromatic rings. The van der Waals surface area contributed by atoms with Crippen molar-refractivity contribution in [2.45, 2.75) is 44.9 Å². The molecule has 0 saturated heterocycles. The van der Waals surface area contributed by atoms with E-state index in [0.717, 1.165) is 18.8 Å². The maximum absolute atomic E-state index is 6.08. The lowest BCUT2D eigenvalue weighted by atomic mass is 9.87. The molecule has 0 aliphatic heterocycles. The Morgan fingerprint density at radius 2 is 2.00 bits per heavy atom. The average Bonchev–Trinajstić information content (AvgIpc) is 3.15. The summed E-state index contributed by atoms with van der Waals surface area (Å²) in [5.41, 5.74) is 10.3. The van der Waals surface area contributed by atoms with E-state index in [4.69, 9.17) is 10.5 Å². The van der Waals surface area contributed by atoms with Crippen LogP contribution in [0.1, 0.15) is 43.2 Å². The van der Waals surface area contributed by atoms with Crippen LogP contribution in [0.3, 0.4) is 0 Å². The first-order valence-corrected chi connectivity index (χ1v) is 8.38. The van der Waals surface area contributed by atoms with Gasteiger partial charge in [0.05, 0.1) is 13.2 Å². The summed E-state index contributed by atoms with van der Waals surface area (Å²) in [4.78, 5) is 4.59. The Morgan fingerprint density at radius 1 is 1.23 bits per heavy atom. The molecule has 2 aliphatic carbocycles. The molecule has 4 nitrogen and oxygen atoms in total. The van der Waals surface area contributed by atoms with Crippen molar-refractivity contribution in [1.82, 2.24) is 0 Å². The SMILES string of the molecule is COCC1(CN=C(N)Nc2ccc3c(c2)CCC3)CCCC1. The number of hydrogen-bond acceptors (Lipinski definition) is 2. The van der Waals surface area contributed by atoms with Gasteiger partial charge in [0.1, 0.15) is 0 Å². The lowest BCUT2D eigenvalue weighted by Gasteiger charge is -2.26. The summed E-state index contributed by atoms with van der Waals surface area (Å²) in [6.07, 6.45) is 8.58. The van der Waals surface area contributed by atoms with Crippen molar-refractivity contribution in [3.8, 4) is 0 Å². The first-order chi connectivity index (χ1) is 10.7. The molecule has 1 saturated carbocycles. The largest absolute Gasteiger partial charge is 0.384 e. The summed E-state index contributed by atoms with van der Waals surface area (Å²) in [5, 5.41) is 3.24. The molecule has 1 aromatic carbocycles. The van der Waals surface area contributed by atoms with Crippen LogP contribution in [0.5, 0.6) is 0 Å². The van der Waals surface area contributed by atoms with Crippen LogP contribution >= 0.6 is 0 Å². The lowest BCUT2D eigenvalue weighted by molar-refractivity contribution is 0.0897. The predicted octanol–water partition coefficient (Wildman–Crippen LogP) is 3.11. The number of nitrogens with two attached hydrogens (primary N) is 1. The summed E-state index contributed by atoms with van der Waals surface area (Å²) in [6.45, 7) is 1.53. The maximum Gasteiger partial charge on any atom is 0.193 e. The van der Waals surface area contributed by atoms with Gasteiger partial charge in [0.2, 0.25) is 0 Å². The van der Waals surface area contributed by atoms with Crippen LogP contribution in [-0.4, -0.2) is 26.2 Å². The van der Waals surface area contributed by atoms with Crippen molar-refractivity contribution in [3.05, 3.63) is 29.3 Å². The van der Waals surface area contributed by atoms with Crippen molar-refractivity contribution in [2.24, 2.45) is 16.1 Å². The molecule has 0 radical (unpaired) electrons. The van der Waals surface area contributed by atoms with E-state index in [1.165, 1.54) is 56.1 Å². The molecule has 22 heavy (non-hydrogen) atoms. The van der Waals surface area contributed by atoms with E-state index in [-0.39, 0.29) is 5.41 Å². The zero-order valence-corrected chi connectivity index (χ0v) is 13.5. The minimum absolute atomic E-state index is 0.193. The standard InChI is InChI=1S/C18H27N3O/c1-22-13-18(9-2-3-10-18)12-20-17(19)21-16-8-7-14-5-4-6-15(14)11-16/h7-8,11H,2-6,9-10,12-13H2,1H3,(H3,19,20,21). The molecule has 0 spiro atoms. The van der Waals surface area contributed by atoms with Crippen LogP contribution in [0.4, 0.5) is 5.69 Å². The van der Waals surface area contributed by atoms with Crippen molar-refractivity contribution >= 4 is 11.6 Å². The van der Waals surface area contributed by atoms with Crippen LogP contribution in [0.25, 0.3) is 0 Å². The molecular formula is C18H27N3O. The van der Waals surface area contributed by atoms with Gasteiger partial charge in [-0.25, -0.2) is 0 Å². The summed E-state index contributed by atoms with van der Waals surface area (Å²) >= 11 is 0. The van der Waals surface area contributed by atoms with E-state index >= 15 is 0 Å². The Labute approximate surface area is 133 Å². The highest BCUT2D eigenvalue weighted by molar-refractivity contribution is 5.92. The van der Waals surface area contributed by atoms with Crippen LogP contribution in [0, 0.1) is 5.41 Å². The minimum Gasteiger partial charge on any atom is -0.384 e. The van der Waals surface area contributed by atoms with Crippen molar-refractivity contribution in [3.63, 3.8) is 0 Å². The molecule has 4 heteroatoms. The Bertz CT molecular complexity index is 547. The van der Waals surface area contributed by atoms with Gasteiger partial charge in [-0.2, -0.15) is 0 Å². The highest BCUT2D eigenvalue weighted by Gasteiger charge is 2.33. The molecule has 3 N–H and O–H groups in total. The van der Waals surface area contributed by atoms with E-state index in [9.17, 15) is 0 Å². The number of hydrogen-bond donors (Lipinski definition) is 2. The highest BCUT2D eigenvalue weighted by atomic mass is 16.5. The fourth-order valence-corrected chi connectivity index (χ4v) is 3.87. The van der Waals surface area contributed by atoms with Crippen LogP contribution in [0.15, 0.2) is 23.2 Å². The van der Waals surface area contributed by atoms with Gasteiger partial charge in [-0.05, 0) is 55.4 Å². The van der Waals surface area contributed by atoms with E-state index < -0.39 is 0 Å². The smallest absolute Gasteiger partial charge is 0.193 e. The van der Waals surface area contributed by atoms with Gasteiger partial charge in [0.15, 0.2) is 5.96 Å². The lowest BCUT2D eigenvalue weighted by Crippen LogP contribution is -2.30. The predicted molar refractivity (Wildman–Crippen MR) is 91.4 cm³/mol. The van der Waals surface area contributed by atoms with E-state index in [2.05, 4.69) is 28.5 Å². The third-order valence-corrected chi connectivity index (χ3v) is 5.07. The maximum atomic E-state index is 6.08. The minimum atomic E-state index is 0.193. The van der Waals surface area contributed by atoms with Crippen molar-refractivity contribution in [1.29, 1.82) is 0 Å². The number of anilines is 1. The molecule has 2 aliphatic rings. The van der Waals surface area contributed by atoms with Gasteiger partial charge in [-0.15, -0.1) is 0 Å². The van der Waals surface area contributed by atoms with Crippen LogP contribution in [0.2, 0.25) is 0 Å². The van der Waals surface area contributed by atoms with Crippen LogP contribution in [-0.2, 0) is 17.6 Å². The second-order valence-corrected chi connectivity index (χ2v) is 6.80. The monoisotopic (exact) mass is 301 g/mol. The fraction of sp³-hybridized carbons (Fsp3) is 0.611. The first-order valence-electron chi connectivity index (χ1n) is 8.38. The number of nitrogens with zero attached hydrogens (tertiary/aromatic N) is 1. The van der Waals surface area contributed by atoms with Crippen molar-refractivity contribution < 1.29 is 4.74 Å². The molecule has 1 fully saturated rings. The zero-order chi connectivity index (χ0) is 15.4. The van der Waals surface area contributed by atoms with E-state index in [1.54, 1.807) is 7.11 Å². The number of fused-ring (bicyclic) bond motifs is 1. The summed E-state index contributed by atoms with van der Waals surface area (Å²) in [6, 6.07) is 6.53. The van der Waals surface area contributed by atoms with Crippen molar-refractivity contribution in [2.75, 3.05) is 25.6 Å². The molecular weight excluding hydrogens is 274 g/mol. The number of guanidine groups is 1. The average molecular weight is 301 g/mol. The van der Waals surface area contributed by atoms with Crippen LogP contribution < -0.4 is 11.1 Å². The first kappa shape index (κ1) is 15.3. The molecule has 3 rings (SSSR count). The molecule has 0 atom stereocenters. The summed E-state index contributed by atoms with van der Waals surface area (Å²) < 4.78 is 5.40. The molecule has 0 heterocycles. The van der Waals surface area contributed by atoms with Gasteiger partial charge >= 0.3 is 0 Å². The number of rotatable bonds is 5. The number of benzene rings is 1.